The van der Waals surface area contributed by atoms with Crippen LogP contribution in [0.25, 0.3) is 0 Å². The maximum atomic E-state index is 8.28. The van der Waals surface area contributed by atoms with Crippen LogP contribution in [0.5, 0.6) is 0 Å². The van der Waals surface area contributed by atoms with E-state index in [2.05, 4.69) is 11.1 Å². The molecule has 0 aliphatic rings. The number of nitrogens with one attached hydrogen (secondary N) is 1. The van der Waals surface area contributed by atoms with E-state index in [4.69, 9.17) is 5.26 Å². The number of imidazole rings is 1. The Labute approximate surface area is 53.6 Å². The first-order valence-electron chi connectivity index (χ1n) is 2.75. The minimum atomic E-state index is 0.426. The third kappa shape index (κ3) is 1.08. The molecule has 46 valence electrons. The third-order valence-corrected chi connectivity index (χ3v) is 1.22. The Morgan fingerprint density at radius 3 is 3.11 bits per heavy atom. The number of nitrogens with zero attached hydrogens (tertiary/aromatic N) is 2. The first-order chi connectivity index (χ1) is 4.34. The molecular weight excluding hydrogens is 114 g/mol. The van der Waals surface area contributed by atoms with E-state index < -0.39 is 0 Å². The van der Waals surface area contributed by atoms with E-state index in [1.165, 1.54) is 0 Å². The van der Waals surface area contributed by atoms with Crippen LogP contribution in [0.3, 0.4) is 0 Å². The molecule has 3 heteroatoms. The van der Waals surface area contributed by atoms with E-state index in [1.54, 1.807) is 0 Å². The van der Waals surface area contributed by atoms with Gasteiger partial charge in [0.1, 0.15) is 18.5 Å². The van der Waals surface area contributed by atoms with E-state index in [0.717, 1.165) is 5.82 Å². The Morgan fingerprint density at radius 1 is 1.89 bits per heavy atom. The van der Waals surface area contributed by atoms with Gasteiger partial charge >= 0.3 is 0 Å². The molecule has 0 unspecified atom stereocenters. The normalized spacial score (nSPS) is 8.89. The predicted octanol–water partition coefficient (Wildman–Crippen LogP) is 0.134. The summed E-state index contributed by atoms with van der Waals surface area (Å²) in [6.07, 6.45) is 3.66. The van der Waals surface area contributed by atoms with Crippen molar-refractivity contribution in [1.82, 2.24) is 4.98 Å². The van der Waals surface area contributed by atoms with Gasteiger partial charge in [-0.05, 0) is 0 Å². The molecule has 0 aliphatic heterocycles. The maximum Gasteiger partial charge on any atom is 0.251 e. The van der Waals surface area contributed by atoms with E-state index in [1.807, 2.05) is 23.9 Å². The van der Waals surface area contributed by atoms with Crippen molar-refractivity contribution < 1.29 is 4.57 Å². The SMILES string of the molecule is Cc1[nH]cc[n+]1CC#N. The summed E-state index contributed by atoms with van der Waals surface area (Å²) in [7, 11) is 0. The Kier molecular flexibility index (Phi) is 1.50. The van der Waals surface area contributed by atoms with Gasteiger partial charge in [0.2, 0.25) is 0 Å². The molecule has 0 saturated carbocycles. The largest absolute Gasteiger partial charge is 0.251 e. The molecular formula is C6H8N3+. The van der Waals surface area contributed by atoms with Gasteiger partial charge in [0.15, 0.2) is 6.54 Å². The molecule has 0 aromatic carbocycles. The number of aromatic amines is 1. The summed E-state index contributed by atoms with van der Waals surface area (Å²) in [5.41, 5.74) is 0. The quantitative estimate of drug-likeness (QED) is 0.529. The van der Waals surface area contributed by atoms with Crippen molar-refractivity contribution in [3.63, 3.8) is 0 Å². The van der Waals surface area contributed by atoms with Crippen LogP contribution in [0, 0.1) is 18.3 Å². The lowest BCUT2D eigenvalue weighted by Gasteiger charge is -1.84. The van der Waals surface area contributed by atoms with Crippen LogP contribution in [0.1, 0.15) is 5.82 Å². The zero-order chi connectivity index (χ0) is 6.69. The average molecular weight is 122 g/mol. The zero-order valence-corrected chi connectivity index (χ0v) is 5.26. The van der Waals surface area contributed by atoms with Crippen LogP contribution < -0.4 is 4.57 Å². The lowest BCUT2D eigenvalue weighted by atomic mass is 10.6. The van der Waals surface area contributed by atoms with Crippen molar-refractivity contribution >= 4 is 0 Å². The van der Waals surface area contributed by atoms with Crippen molar-refractivity contribution in [1.29, 1.82) is 5.26 Å². The van der Waals surface area contributed by atoms with Crippen molar-refractivity contribution in [2.45, 2.75) is 13.5 Å². The molecule has 0 atom stereocenters. The first-order valence-corrected chi connectivity index (χ1v) is 2.75. The summed E-state index contributed by atoms with van der Waals surface area (Å²) >= 11 is 0. The average Bonchev–Trinajstić information content (AvgIpc) is 2.18. The second-order valence-electron chi connectivity index (χ2n) is 1.83. The minimum Gasteiger partial charge on any atom is -0.248 e. The van der Waals surface area contributed by atoms with E-state index in [9.17, 15) is 0 Å². The smallest absolute Gasteiger partial charge is 0.248 e. The highest BCUT2D eigenvalue weighted by Gasteiger charge is 2.00. The number of H-pyrrole nitrogens is 1. The number of hydrogen-bond donors (Lipinski definition) is 1. The fraction of sp³-hybridized carbons (Fsp3) is 0.333. The van der Waals surface area contributed by atoms with Gasteiger partial charge in [0.25, 0.3) is 5.82 Å². The third-order valence-electron chi connectivity index (χ3n) is 1.22. The van der Waals surface area contributed by atoms with Crippen LogP contribution in [-0.2, 0) is 6.54 Å². The Bertz CT molecular complexity index is 231. The monoisotopic (exact) mass is 122 g/mol. The van der Waals surface area contributed by atoms with Crippen molar-refractivity contribution in [3.8, 4) is 6.07 Å². The lowest BCUT2D eigenvalue weighted by Crippen LogP contribution is -2.33. The van der Waals surface area contributed by atoms with Crippen molar-refractivity contribution in [2.24, 2.45) is 0 Å². The second-order valence-corrected chi connectivity index (χ2v) is 1.83. The van der Waals surface area contributed by atoms with E-state index >= 15 is 0 Å². The fourth-order valence-electron chi connectivity index (χ4n) is 0.690. The number of aryl methyl sites for hydroxylation is 1. The first kappa shape index (κ1) is 5.83. The van der Waals surface area contributed by atoms with Crippen LogP contribution in [0.2, 0.25) is 0 Å². The molecule has 3 nitrogen and oxygen atoms in total. The molecule has 0 fully saturated rings. The Morgan fingerprint density at radius 2 is 2.67 bits per heavy atom. The van der Waals surface area contributed by atoms with Crippen molar-refractivity contribution in [3.05, 3.63) is 18.2 Å². The van der Waals surface area contributed by atoms with Gasteiger partial charge in [0, 0.05) is 6.92 Å². The summed E-state index contributed by atoms with van der Waals surface area (Å²) in [5, 5.41) is 8.28. The number of rotatable bonds is 1. The molecule has 1 heterocycles. The molecule has 0 amide bonds. The van der Waals surface area contributed by atoms with Crippen LogP contribution in [0.4, 0.5) is 0 Å². The van der Waals surface area contributed by atoms with Crippen LogP contribution >= 0.6 is 0 Å². The lowest BCUT2D eigenvalue weighted by molar-refractivity contribution is -0.689. The topological polar surface area (TPSA) is 43.5 Å². The molecule has 1 N–H and O–H groups in total. The molecule has 0 spiro atoms. The molecule has 1 aromatic rings. The fourth-order valence-corrected chi connectivity index (χ4v) is 0.690. The predicted molar refractivity (Wildman–Crippen MR) is 31.3 cm³/mol. The van der Waals surface area contributed by atoms with Crippen LogP contribution in [-0.4, -0.2) is 4.98 Å². The number of hydrogen-bond acceptors (Lipinski definition) is 1. The van der Waals surface area contributed by atoms with Gasteiger partial charge in [-0.2, -0.15) is 5.26 Å². The minimum absolute atomic E-state index is 0.426. The summed E-state index contributed by atoms with van der Waals surface area (Å²) in [4.78, 5) is 2.97. The van der Waals surface area contributed by atoms with Gasteiger partial charge in [-0.3, -0.25) is 0 Å². The van der Waals surface area contributed by atoms with E-state index in [0.29, 0.717) is 6.54 Å². The van der Waals surface area contributed by atoms with Gasteiger partial charge in [-0.25, -0.2) is 9.55 Å². The highest BCUT2D eigenvalue weighted by molar-refractivity contribution is 4.73. The summed E-state index contributed by atoms with van der Waals surface area (Å²) < 4.78 is 1.85. The molecule has 1 aromatic heterocycles. The number of nitriles is 1. The molecule has 0 bridgehead atoms. The van der Waals surface area contributed by atoms with Gasteiger partial charge in [-0.1, -0.05) is 0 Å². The van der Waals surface area contributed by atoms with Gasteiger partial charge in [-0.15, -0.1) is 0 Å². The molecule has 0 radical (unpaired) electrons. The number of aromatic nitrogens is 2. The summed E-state index contributed by atoms with van der Waals surface area (Å²) in [6, 6.07) is 2.05. The Balaban J connectivity index is 2.84. The van der Waals surface area contributed by atoms with Crippen LogP contribution in [0.15, 0.2) is 12.4 Å². The summed E-state index contributed by atoms with van der Waals surface area (Å²) in [6.45, 7) is 2.35. The molecule has 9 heavy (non-hydrogen) atoms. The molecule has 1 rings (SSSR count). The second kappa shape index (κ2) is 2.31. The molecule has 0 saturated heterocycles. The standard InChI is InChI=1S/C6H7N3/c1-6-8-3-5-9(6)4-2-7/h3,5H,4H2,1H3/p+1. The summed E-state index contributed by atoms with van der Waals surface area (Å²) in [5.74, 6) is 1.01. The van der Waals surface area contributed by atoms with Crippen molar-refractivity contribution in [2.75, 3.05) is 0 Å². The maximum absolute atomic E-state index is 8.28. The van der Waals surface area contributed by atoms with E-state index in [-0.39, 0.29) is 0 Å². The highest BCUT2D eigenvalue weighted by atomic mass is 15.0. The van der Waals surface area contributed by atoms with Gasteiger partial charge in [0.05, 0.1) is 0 Å². The molecule has 0 aliphatic carbocycles. The Hall–Kier alpha value is -1.30. The zero-order valence-electron chi connectivity index (χ0n) is 5.26. The highest BCUT2D eigenvalue weighted by Crippen LogP contribution is 1.79. The van der Waals surface area contributed by atoms with Gasteiger partial charge < -0.3 is 0 Å².